The molecule has 0 bridgehead atoms. The van der Waals surface area contributed by atoms with E-state index in [0.29, 0.717) is 5.92 Å². The molecule has 0 radical (unpaired) electrons. The van der Waals surface area contributed by atoms with Gasteiger partial charge in [-0.05, 0) is 19.3 Å². The molecule has 0 saturated carbocycles. The van der Waals surface area contributed by atoms with Crippen molar-refractivity contribution in [2.45, 2.75) is 46.1 Å². The van der Waals surface area contributed by atoms with Crippen LogP contribution in [0.3, 0.4) is 0 Å². The molecular formula is C11H20N2O2. The zero-order chi connectivity index (χ0) is 11.4. The van der Waals surface area contributed by atoms with Gasteiger partial charge in [-0.1, -0.05) is 26.7 Å². The molecule has 1 unspecified atom stereocenters. The van der Waals surface area contributed by atoms with E-state index < -0.39 is 0 Å². The Morgan fingerprint density at radius 2 is 1.93 bits per heavy atom. The number of hydrogen-bond donors (Lipinski definition) is 1. The third-order valence-electron chi connectivity index (χ3n) is 2.72. The number of hydrogen-bond acceptors (Lipinski definition) is 2. The normalized spacial score (nSPS) is 18.5. The Balaban J connectivity index is 2.36. The Morgan fingerprint density at radius 3 is 2.40 bits per heavy atom. The second kappa shape index (κ2) is 5.14. The summed E-state index contributed by atoms with van der Waals surface area (Å²) >= 11 is 0. The maximum Gasteiger partial charge on any atom is 0.324 e. The molecule has 1 aliphatic heterocycles. The van der Waals surface area contributed by atoms with E-state index in [1.54, 1.807) is 0 Å². The number of carbonyl (C=O) groups is 2. The van der Waals surface area contributed by atoms with Crippen LogP contribution < -0.4 is 5.32 Å². The van der Waals surface area contributed by atoms with Gasteiger partial charge >= 0.3 is 6.03 Å². The fourth-order valence-corrected chi connectivity index (χ4v) is 1.83. The Morgan fingerprint density at radius 1 is 1.27 bits per heavy atom. The summed E-state index contributed by atoms with van der Waals surface area (Å²) in [6, 6.07) is -0.212. The molecule has 15 heavy (non-hydrogen) atoms. The predicted octanol–water partition coefficient (Wildman–Crippen LogP) is 1.75. The average molecular weight is 212 g/mol. The van der Waals surface area contributed by atoms with Crippen LogP contribution in [-0.4, -0.2) is 29.4 Å². The van der Waals surface area contributed by atoms with Gasteiger partial charge in [-0.25, -0.2) is 4.79 Å². The third kappa shape index (κ3) is 3.22. The Hall–Kier alpha value is -1.06. The van der Waals surface area contributed by atoms with Gasteiger partial charge in [0.1, 0.15) is 0 Å². The average Bonchev–Trinajstić information content (AvgIpc) is 2.45. The van der Waals surface area contributed by atoms with Gasteiger partial charge in [0, 0.05) is 6.04 Å². The van der Waals surface area contributed by atoms with E-state index in [2.05, 4.69) is 19.2 Å². The zero-order valence-corrected chi connectivity index (χ0v) is 9.75. The smallest absolute Gasteiger partial charge is 0.324 e. The highest BCUT2D eigenvalue weighted by molar-refractivity contribution is 6.02. The molecule has 1 N–H and O–H groups in total. The summed E-state index contributed by atoms with van der Waals surface area (Å²) in [5, 5.41) is 2.54. The van der Waals surface area contributed by atoms with Crippen molar-refractivity contribution >= 4 is 11.9 Å². The Bertz CT molecular complexity index is 235. The van der Waals surface area contributed by atoms with Crippen molar-refractivity contribution in [2.75, 3.05) is 6.54 Å². The van der Waals surface area contributed by atoms with Crippen LogP contribution in [0.1, 0.15) is 40.0 Å². The van der Waals surface area contributed by atoms with E-state index >= 15 is 0 Å². The summed E-state index contributed by atoms with van der Waals surface area (Å²) in [4.78, 5) is 24.0. The maximum atomic E-state index is 11.4. The number of rotatable bonds is 5. The van der Waals surface area contributed by atoms with Crippen molar-refractivity contribution in [1.82, 2.24) is 10.2 Å². The lowest BCUT2D eigenvalue weighted by Gasteiger charge is -2.21. The van der Waals surface area contributed by atoms with Gasteiger partial charge in [0.15, 0.2) is 0 Å². The Kier molecular flexibility index (Phi) is 4.12. The van der Waals surface area contributed by atoms with Crippen LogP contribution >= 0.6 is 0 Å². The molecule has 1 rings (SSSR count). The van der Waals surface area contributed by atoms with Gasteiger partial charge in [0.05, 0.1) is 6.54 Å². The summed E-state index contributed by atoms with van der Waals surface area (Å²) in [6.45, 7) is 6.45. The van der Waals surface area contributed by atoms with E-state index in [1.165, 1.54) is 4.90 Å². The molecule has 86 valence electrons. The molecule has 4 heteroatoms. The van der Waals surface area contributed by atoms with E-state index in [1.807, 2.05) is 6.92 Å². The van der Waals surface area contributed by atoms with Gasteiger partial charge in [-0.2, -0.15) is 0 Å². The first-order valence-electron chi connectivity index (χ1n) is 5.62. The van der Waals surface area contributed by atoms with E-state index in [4.69, 9.17) is 0 Å². The second-order valence-electron chi connectivity index (χ2n) is 4.60. The van der Waals surface area contributed by atoms with Crippen molar-refractivity contribution in [1.29, 1.82) is 0 Å². The minimum atomic E-state index is -0.239. The molecular weight excluding hydrogens is 192 g/mol. The maximum absolute atomic E-state index is 11.4. The molecule has 0 spiro atoms. The highest BCUT2D eigenvalue weighted by Crippen LogP contribution is 2.14. The molecule has 1 atom stereocenters. The highest BCUT2D eigenvalue weighted by Gasteiger charge is 2.32. The SMILES string of the molecule is CC(C)CCCC(C)N1C(=O)CNC1=O. The monoisotopic (exact) mass is 212 g/mol. The second-order valence-corrected chi connectivity index (χ2v) is 4.60. The van der Waals surface area contributed by atoms with Crippen LogP contribution in [0.25, 0.3) is 0 Å². The first kappa shape index (κ1) is 12.0. The summed E-state index contributed by atoms with van der Waals surface area (Å²) in [7, 11) is 0. The van der Waals surface area contributed by atoms with Crippen LogP contribution in [-0.2, 0) is 4.79 Å². The quantitative estimate of drug-likeness (QED) is 0.706. The largest absolute Gasteiger partial charge is 0.329 e. The number of urea groups is 1. The molecule has 0 aromatic carbocycles. The molecule has 0 aromatic rings. The van der Waals surface area contributed by atoms with Crippen molar-refractivity contribution in [3.63, 3.8) is 0 Å². The summed E-state index contributed by atoms with van der Waals surface area (Å²) < 4.78 is 0. The molecule has 1 fully saturated rings. The molecule has 0 aromatic heterocycles. The first-order chi connectivity index (χ1) is 7.02. The molecule has 1 aliphatic rings. The van der Waals surface area contributed by atoms with Crippen molar-refractivity contribution in [3.05, 3.63) is 0 Å². The van der Waals surface area contributed by atoms with Crippen LogP contribution in [0.5, 0.6) is 0 Å². The summed E-state index contributed by atoms with van der Waals surface area (Å²) in [5.41, 5.74) is 0. The fraction of sp³-hybridized carbons (Fsp3) is 0.818. The summed E-state index contributed by atoms with van der Waals surface area (Å²) in [5.74, 6) is 0.581. The number of nitrogens with one attached hydrogen (secondary N) is 1. The molecule has 1 saturated heterocycles. The Labute approximate surface area is 91.0 Å². The first-order valence-corrected chi connectivity index (χ1v) is 5.62. The van der Waals surface area contributed by atoms with E-state index in [-0.39, 0.29) is 24.5 Å². The van der Waals surface area contributed by atoms with Crippen LogP contribution in [0.4, 0.5) is 4.79 Å². The number of amides is 3. The molecule has 0 aliphatic carbocycles. The molecule has 1 heterocycles. The standard InChI is InChI=1S/C11H20N2O2/c1-8(2)5-4-6-9(3)13-10(14)7-12-11(13)15/h8-9H,4-7H2,1-3H3,(H,12,15). The van der Waals surface area contributed by atoms with Gasteiger partial charge in [0.2, 0.25) is 5.91 Å². The fourth-order valence-electron chi connectivity index (χ4n) is 1.83. The number of nitrogens with zero attached hydrogens (tertiary/aromatic N) is 1. The van der Waals surface area contributed by atoms with Crippen LogP contribution in [0.2, 0.25) is 0 Å². The highest BCUT2D eigenvalue weighted by atomic mass is 16.2. The van der Waals surface area contributed by atoms with Gasteiger partial charge in [-0.15, -0.1) is 0 Å². The lowest BCUT2D eigenvalue weighted by atomic mass is 10.0. The van der Waals surface area contributed by atoms with Crippen molar-refractivity contribution < 1.29 is 9.59 Å². The topological polar surface area (TPSA) is 49.4 Å². The van der Waals surface area contributed by atoms with Gasteiger partial charge in [-0.3, -0.25) is 9.69 Å². The lowest BCUT2D eigenvalue weighted by Crippen LogP contribution is -2.38. The van der Waals surface area contributed by atoms with Gasteiger partial charge < -0.3 is 5.32 Å². The predicted molar refractivity (Wildman–Crippen MR) is 58.4 cm³/mol. The molecule has 3 amide bonds. The number of carbonyl (C=O) groups excluding carboxylic acids is 2. The van der Waals surface area contributed by atoms with Gasteiger partial charge in [0.25, 0.3) is 0 Å². The third-order valence-corrected chi connectivity index (χ3v) is 2.72. The minimum absolute atomic E-state index is 0.0266. The minimum Gasteiger partial charge on any atom is -0.329 e. The van der Waals surface area contributed by atoms with Crippen molar-refractivity contribution in [3.8, 4) is 0 Å². The van der Waals surface area contributed by atoms with Crippen LogP contribution in [0.15, 0.2) is 0 Å². The number of imide groups is 1. The lowest BCUT2D eigenvalue weighted by molar-refractivity contribution is -0.126. The van der Waals surface area contributed by atoms with E-state index in [9.17, 15) is 9.59 Å². The summed E-state index contributed by atoms with van der Waals surface area (Å²) in [6.07, 6.45) is 3.11. The zero-order valence-electron chi connectivity index (χ0n) is 9.75. The molecule has 4 nitrogen and oxygen atoms in total. The van der Waals surface area contributed by atoms with E-state index in [0.717, 1.165) is 19.3 Å². The van der Waals surface area contributed by atoms with Crippen LogP contribution in [0, 0.1) is 5.92 Å². The van der Waals surface area contributed by atoms with Crippen molar-refractivity contribution in [2.24, 2.45) is 5.92 Å².